The Bertz CT molecular complexity index is 1060. The fraction of sp³-hybridized carbons (Fsp3) is 0.158. The van der Waals surface area contributed by atoms with Crippen LogP contribution in [0.2, 0.25) is 0 Å². The highest BCUT2D eigenvalue weighted by molar-refractivity contribution is 7.13. The van der Waals surface area contributed by atoms with Crippen LogP contribution in [0.5, 0.6) is 17.4 Å². The Morgan fingerprint density at radius 1 is 1.44 bits per heavy atom. The first-order valence-corrected chi connectivity index (χ1v) is 9.17. The van der Waals surface area contributed by atoms with Gasteiger partial charge in [-0.2, -0.15) is 5.26 Å². The highest BCUT2D eigenvalue weighted by Crippen LogP contribution is 2.47. The Morgan fingerprint density at radius 3 is 3.00 bits per heavy atom. The molecule has 1 aliphatic heterocycles. The number of allylic oxidation sites excluding steroid dienone is 1. The van der Waals surface area contributed by atoms with Crippen LogP contribution in [0.25, 0.3) is 10.6 Å². The van der Waals surface area contributed by atoms with Crippen LogP contribution < -0.4 is 15.2 Å². The van der Waals surface area contributed by atoms with Crippen LogP contribution >= 0.6 is 11.3 Å². The third-order valence-electron chi connectivity index (χ3n) is 4.32. The van der Waals surface area contributed by atoms with Gasteiger partial charge in [-0.3, -0.25) is 5.10 Å². The Balaban J connectivity index is 1.93. The fourth-order valence-electron chi connectivity index (χ4n) is 3.17. The minimum atomic E-state index is -0.491. The molecular formula is C19H16N4O3S. The zero-order valence-electron chi connectivity index (χ0n) is 14.4. The van der Waals surface area contributed by atoms with E-state index in [9.17, 15) is 10.4 Å². The summed E-state index contributed by atoms with van der Waals surface area (Å²) in [4.78, 5) is 0.971. The van der Waals surface area contributed by atoms with E-state index in [1.165, 1.54) is 0 Å². The summed E-state index contributed by atoms with van der Waals surface area (Å²) in [6, 6.07) is 11.1. The summed E-state index contributed by atoms with van der Waals surface area (Å²) in [6.07, 6.45) is 0. The number of nitrogens with zero attached hydrogens (tertiary/aromatic N) is 2. The molecule has 0 saturated heterocycles. The molecule has 0 amide bonds. The van der Waals surface area contributed by atoms with Crippen molar-refractivity contribution in [2.45, 2.75) is 12.8 Å². The molecule has 1 unspecified atom stereocenters. The van der Waals surface area contributed by atoms with Crippen LogP contribution in [0.3, 0.4) is 0 Å². The third-order valence-corrected chi connectivity index (χ3v) is 5.21. The van der Waals surface area contributed by atoms with Crippen molar-refractivity contribution in [3.05, 3.63) is 58.3 Å². The molecule has 4 rings (SSSR count). The molecule has 0 fully saturated rings. The van der Waals surface area contributed by atoms with E-state index in [0.717, 1.165) is 21.7 Å². The standard InChI is InChI=1S/C19H16N4O3S/c1-2-25-13-8-10(5-6-12(13)24)15-11(9-20)18(21)26-19-16(15)17(22-23-19)14-4-3-7-27-14/h3-8,15,24H,2,21H2,1H3,(H,22,23). The highest BCUT2D eigenvalue weighted by Gasteiger charge is 2.36. The van der Waals surface area contributed by atoms with Crippen LogP contribution in [0.1, 0.15) is 24.0 Å². The van der Waals surface area contributed by atoms with Crippen molar-refractivity contribution in [2.75, 3.05) is 6.61 Å². The SMILES string of the molecule is CCOc1cc(C2C(C#N)=C(N)Oc3n[nH]c(-c4cccs4)c32)ccc1O. The fourth-order valence-corrected chi connectivity index (χ4v) is 3.90. The maximum Gasteiger partial charge on any atom is 0.244 e. The molecule has 3 aromatic rings. The topological polar surface area (TPSA) is 117 Å². The minimum Gasteiger partial charge on any atom is -0.504 e. The molecule has 2 aromatic heterocycles. The molecule has 7 nitrogen and oxygen atoms in total. The number of fused-ring (bicyclic) bond motifs is 1. The molecule has 0 spiro atoms. The lowest BCUT2D eigenvalue weighted by Gasteiger charge is -2.24. The van der Waals surface area contributed by atoms with Gasteiger partial charge in [0, 0.05) is 0 Å². The number of benzene rings is 1. The maximum absolute atomic E-state index is 10.0. The van der Waals surface area contributed by atoms with Crippen molar-refractivity contribution in [3.8, 4) is 34.0 Å². The van der Waals surface area contributed by atoms with Gasteiger partial charge >= 0.3 is 0 Å². The number of ether oxygens (including phenoxy) is 2. The number of aromatic hydroxyl groups is 1. The van der Waals surface area contributed by atoms with Gasteiger partial charge in [-0.05, 0) is 36.1 Å². The molecule has 4 N–H and O–H groups in total. The summed E-state index contributed by atoms with van der Waals surface area (Å²) in [5.74, 6) is 0.250. The van der Waals surface area contributed by atoms with Gasteiger partial charge in [0.1, 0.15) is 11.6 Å². The van der Waals surface area contributed by atoms with Gasteiger partial charge in [0.05, 0.1) is 28.7 Å². The molecule has 1 aliphatic rings. The summed E-state index contributed by atoms with van der Waals surface area (Å²) in [5.41, 5.74) is 8.53. The van der Waals surface area contributed by atoms with Crippen molar-refractivity contribution >= 4 is 11.3 Å². The number of nitrogens with two attached hydrogens (primary N) is 1. The molecule has 136 valence electrons. The van der Waals surface area contributed by atoms with E-state index < -0.39 is 5.92 Å². The van der Waals surface area contributed by atoms with Crippen LogP contribution in [0.15, 0.2) is 47.2 Å². The Hall–Kier alpha value is -3.44. The molecule has 0 saturated carbocycles. The van der Waals surface area contributed by atoms with E-state index in [2.05, 4.69) is 16.3 Å². The molecule has 0 radical (unpaired) electrons. The van der Waals surface area contributed by atoms with E-state index in [1.807, 2.05) is 24.4 Å². The molecular weight excluding hydrogens is 364 g/mol. The first-order valence-electron chi connectivity index (χ1n) is 8.29. The van der Waals surface area contributed by atoms with Gasteiger partial charge in [-0.15, -0.1) is 16.4 Å². The first-order chi connectivity index (χ1) is 13.1. The minimum absolute atomic E-state index is 0.0188. The average Bonchev–Trinajstić information content (AvgIpc) is 3.32. The van der Waals surface area contributed by atoms with Crippen LogP contribution in [-0.4, -0.2) is 21.9 Å². The number of aromatic nitrogens is 2. The predicted molar refractivity (Wildman–Crippen MR) is 100 cm³/mol. The third kappa shape index (κ3) is 2.78. The van der Waals surface area contributed by atoms with Crippen molar-refractivity contribution in [1.29, 1.82) is 5.26 Å². The summed E-state index contributed by atoms with van der Waals surface area (Å²) in [7, 11) is 0. The number of rotatable bonds is 4. The van der Waals surface area contributed by atoms with E-state index >= 15 is 0 Å². The normalized spacial score (nSPS) is 15.8. The lowest BCUT2D eigenvalue weighted by Crippen LogP contribution is -2.21. The largest absolute Gasteiger partial charge is 0.504 e. The van der Waals surface area contributed by atoms with Gasteiger partial charge in [-0.25, -0.2) is 0 Å². The predicted octanol–water partition coefficient (Wildman–Crippen LogP) is 3.46. The monoisotopic (exact) mass is 380 g/mol. The number of nitriles is 1. The zero-order chi connectivity index (χ0) is 19.0. The molecule has 27 heavy (non-hydrogen) atoms. The molecule has 8 heteroatoms. The number of H-pyrrole nitrogens is 1. The molecule has 1 aromatic carbocycles. The second-order valence-corrected chi connectivity index (χ2v) is 6.83. The number of hydrogen-bond donors (Lipinski definition) is 3. The number of thiophene rings is 1. The Labute approximate surface area is 159 Å². The Morgan fingerprint density at radius 2 is 2.30 bits per heavy atom. The molecule has 3 heterocycles. The van der Waals surface area contributed by atoms with E-state index in [0.29, 0.717) is 18.2 Å². The molecule has 0 aliphatic carbocycles. The number of phenols is 1. The highest BCUT2D eigenvalue weighted by atomic mass is 32.1. The van der Waals surface area contributed by atoms with Crippen LogP contribution in [0, 0.1) is 11.3 Å². The van der Waals surface area contributed by atoms with Crippen LogP contribution in [-0.2, 0) is 0 Å². The Kier molecular flexibility index (Phi) is 4.22. The quantitative estimate of drug-likeness (QED) is 0.638. The number of nitrogens with one attached hydrogen (secondary N) is 1. The number of phenolic OH excluding ortho intramolecular Hbond substituents is 1. The smallest absolute Gasteiger partial charge is 0.244 e. The first kappa shape index (κ1) is 17.0. The summed E-state index contributed by atoms with van der Waals surface area (Å²) in [6.45, 7) is 2.24. The number of hydrogen-bond acceptors (Lipinski definition) is 7. The van der Waals surface area contributed by atoms with Crippen LogP contribution in [0.4, 0.5) is 0 Å². The summed E-state index contributed by atoms with van der Waals surface area (Å²) >= 11 is 1.55. The van der Waals surface area contributed by atoms with Crippen molar-refractivity contribution in [3.63, 3.8) is 0 Å². The average molecular weight is 380 g/mol. The van der Waals surface area contributed by atoms with E-state index in [1.54, 1.807) is 29.5 Å². The maximum atomic E-state index is 10.0. The van der Waals surface area contributed by atoms with Crippen molar-refractivity contribution in [1.82, 2.24) is 10.2 Å². The van der Waals surface area contributed by atoms with E-state index in [4.69, 9.17) is 15.2 Å². The summed E-state index contributed by atoms with van der Waals surface area (Å²) < 4.78 is 11.1. The second kappa shape index (κ2) is 6.70. The van der Waals surface area contributed by atoms with Gasteiger partial charge in [-0.1, -0.05) is 12.1 Å². The van der Waals surface area contributed by atoms with Gasteiger partial charge in [0.25, 0.3) is 0 Å². The molecule has 1 atom stereocenters. The lowest BCUT2D eigenvalue weighted by molar-refractivity contribution is 0.317. The van der Waals surface area contributed by atoms with Gasteiger partial charge in [0.2, 0.25) is 11.8 Å². The van der Waals surface area contributed by atoms with Crippen molar-refractivity contribution < 1.29 is 14.6 Å². The number of aromatic amines is 1. The second-order valence-electron chi connectivity index (χ2n) is 5.88. The molecule has 0 bridgehead atoms. The zero-order valence-corrected chi connectivity index (χ0v) is 15.2. The van der Waals surface area contributed by atoms with E-state index in [-0.39, 0.29) is 17.2 Å². The van der Waals surface area contributed by atoms with Crippen molar-refractivity contribution in [2.24, 2.45) is 5.73 Å². The van der Waals surface area contributed by atoms with Gasteiger partial charge in [0.15, 0.2) is 11.5 Å². The summed E-state index contributed by atoms with van der Waals surface area (Å²) in [5, 5.41) is 29.0. The van der Waals surface area contributed by atoms with Gasteiger partial charge < -0.3 is 20.3 Å². The lowest BCUT2D eigenvalue weighted by atomic mass is 9.83.